The van der Waals surface area contributed by atoms with Gasteiger partial charge in [0.25, 0.3) is 0 Å². The molecule has 3 aromatic rings. The summed E-state index contributed by atoms with van der Waals surface area (Å²) in [6.07, 6.45) is 10.0. The van der Waals surface area contributed by atoms with Gasteiger partial charge in [-0.25, -0.2) is 0 Å². The minimum atomic E-state index is 0.0525. The number of amides is 1. The molecular weight excluding hydrogens is 324 g/mol. The molecule has 4 rings (SSSR count). The molecule has 1 atom stereocenters. The standard InChI is InChI=1S/C22H22N2O2/c1-2-20-18(17-6-3-4-8-21(17)26-20)9-10-22(25)24-15-5-7-19(24)16-11-13-23-14-12-16/h3-4,6,8-14,19H,2,5,7,15H2,1H3/b10-9-/t19-/m0/s1. The first-order valence-corrected chi connectivity index (χ1v) is 9.17. The smallest absolute Gasteiger partial charge is 0.247 e. The van der Waals surface area contributed by atoms with E-state index in [0.29, 0.717) is 0 Å². The van der Waals surface area contributed by atoms with Crippen LogP contribution in [0.4, 0.5) is 0 Å². The Labute approximate surface area is 153 Å². The molecule has 132 valence electrons. The van der Waals surface area contributed by atoms with E-state index >= 15 is 0 Å². The molecule has 2 aromatic heterocycles. The summed E-state index contributed by atoms with van der Waals surface area (Å²) in [7, 11) is 0. The zero-order chi connectivity index (χ0) is 17.9. The highest BCUT2D eigenvalue weighted by atomic mass is 16.3. The Morgan fingerprint density at radius 2 is 2.08 bits per heavy atom. The van der Waals surface area contributed by atoms with Gasteiger partial charge in [0.2, 0.25) is 5.91 Å². The van der Waals surface area contributed by atoms with Crippen molar-refractivity contribution in [2.45, 2.75) is 32.2 Å². The van der Waals surface area contributed by atoms with Crippen molar-refractivity contribution in [2.75, 3.05) is 6.54 Å². The lowest BCUT2D eigenvalue weighted by atomic mass is 10.1. The van der Waals surface area contributed by atoms with Crippen LogP contribution in [-0.4, -0.2) is 22.3 Å². The minimum absolute atomic E-state index is 0.0525. The van der Waals surface area contributed by atoms with Crippen molar-refractivity contribution in [2.24, 2.45) is 0 Å². The number of likely N-dealkylation sites (tertiary alicyclic amines) is 1. The normalized spacial score (nSPS) is 17.4. The largest absolute Gasteiger partial charge is 0.460 e. The fourth-order valence-corrected chi connectivity index (χ4v) is 3.77. The summed E-state index contributed by atoms with van der Waals surface area (Å²) in [5.74, 6) is 0.971. The number of pyridine rings is 1. The van der Waals surface area contributed by atoms with E-state index in [2.05, 4.69) is 11.9 Å². The molecule has 1 amide bonds. The maximum absolute atomic E-state index is 12.9. The quantitative estimate of drug-likeness (QED) is 0.640. The molecule has 1 aliphatic heterocycles. The van der Waals surface area contributed by atoms with Crippen LogP contribution in [0.3, 0.4) is 0 Å². The van der Waals surface area contributed by atoms with Gasteiger partial charge in [-0.1, -0.05) is 25.1 Å². The molecule has 1 saturated heterocycles. The molecule has 0 saturated carbocycles. The van der Waals surface area contributed by atoms with Gasteiger partial charge in [0.15, 0.2) is 0 Å². The molecule has 1 fully saturated rings. The van der Waals surface area contributed by atoms with E-state index in [1.807, 2.05) is 47.4 Å². The van der Waals surface area contributed by atoms with Crippen molar-refractivity contribution in [3.05, 3.63) is 71.8 Å². The number of para-hydroxylation sites is 1. The fourth-order valence-electron chi connectivity index (χ4n) is 3.77. The van der Waals surface area contributed by atoms with Crippen LogP contribution in [0.1, 0.15) is 42.7 Å². The average Bonchev–Trinajstić information content (AvgIpc) is 3.31. The number of carbonyl (C=O) groups is 1. The third-order valence-electron chi connectivity index (χ3n) is 5.05. The van der Waals surface area contributed by atoms with Crippen LogP contribution in [-0.2, 0) is 11.2 Å². The number of fused-ring (bicyclic) bond motifs is 1. The highest BCUT2D eigenvalue weighted by molar-refractivity contribution is 5.96. The zero-order valence-corrected chi connectivity index (χ0v) is 14.9. The Morgan fingerprint density at radius 3 is 2.88 bits per heavy atom. The maximum atomic E-state index is 12.9. The molecule has 4 heteroatoms. The third kappa shape index (κ3) is 3.03. The van der Waals surface area contributed by atoms with Crippen LogP contribution in [0.25, 0.3) is 17.0 Å². The fraction of sp³-hybridized carbons (Fsp3) is 0.273. The second-order valence-electron chi connectivity index (χ2n) is 6.59. The Bertz CT molecular complexity index is 943. The highest BCUT2D eigenvalue weighted by Crippen LogP contribution is 2.32. The summed E-state index contributed by atoms with van der Waals surface area (Å²) < 4.78 is 5.91. The van der Waals surface area contributed by atoms with Gasteiger partial charge in [0.05, 0.1) is 6.04 Å². The topological polar surface area (TPSA) is 46.3 Å². The van der Waals surface area contributed by atoms with Crippen LogP contribution in [0, 0.1) is 0 Å². The molecule has 0 radical (unpaired) electrons. The first-order chi connectivity index (χ1) is 12.8. The van der Waals surface area contributed by atoms with Gasteiger partial charge in [-0.15, -0.1) is 0 Å². The molecule has 0 N–H and O–H groups in total. The van der Waals surface area contributed by atoms with Gasteiger partial charge >= 0.3 is 0 Å². The van der Waals surface area contributed by atoms with E-state index < -0.39 is 0 Å². The van der Waals surface area contributed by atoms with Crippen molar-refractivity contribution >= 4 is 23.0 Å². The van der Waals surface area contributed by atoms with E-state index in [1.54, 1.807) is 18.5 Å². The van der Waals surface area contributed by atoms with Crippen LogP contribution < -0.4 is 0 Å². The SMILES string of the molecule is CCc1oc2ccccc2c1/C=C\C(=O)N1CCC[C@H]1c1ccncc1. The minimum Gasteiger partial charge on any atom is -0.460 e. The van der Waals surface area contributed by atoms with E-state index in [-0.39, 0.29) is 11.9 Å². The van der Waals surface area contributed by atoms with Crippen molar-refractivity contribution in [3.63, 3.8) is 0 Å². The number of benzene rings is 1. The molecule has 0 aliphatic carbocycles. The lowest BCUT2D eigenvalue weighted by molar-refractivity contribution is -0.126. The highest BCUT2D eigenvalue weighted by Gasteiger charge is 2.28. The zero-order valence-electron chi connectivity index (χ0n) is 14.9. The van der Waals surface area contributed by atoms with Gasteiger partial charge < -0.3 is 9.32 Å². The number of furan rings is 1. The molecule has 3 heterocycles. The van der Waals surface area contributed by atoms with E-state index in [0.717, 1.165) is 53.7 Å². The van der Waals surface area contributed by atoms with E-state index in [9.17, 15) is 4.79 Å². The van der Waals surface area contributed by atoms with Crippen LogP contribution in [0.5, 0.6) is 0 Å². The molecule has 26 heavy (non-hydrogen) atoms. The summed E-state index contributed by atoms with van der Waals surface area (Å²) in [5, 5.41) is 1.06. The Kier molecular flexibility index (Phi) is 4.57. The van der Waals surface area contributed by atoms with Gasteiger partial charge in [-0.05, 0) is 42.7 Å². The second kappa shape index (κ2) is 7.16. The molecule has 0 spiro atoms. The summed E-state index contributed by atoms with van der Waals surface area (Å²) in [5.41, 5.74) is 3.03. The molecular formula is C22H22N2O2. The predicted octanol–water partition coefficient (Wildman–Crippen LogP) is 4.77. The number of aromatic nitrogens is 1. The van der Waals surface area contributed by atoms with Crippen molar-refractivity contribution in [1.82, 2.24) is 9.88 Å². The maximum Gasteiger partial charge on any atom is 0.247 e. The van der Waals surface area contributed by atoms with Gasteiger partial charge in [-0.2, -0.15) is 0 Å². The first-order valence-electron chi connectivity index (χ1n) is 9.17. The summed E-state index contributed by atoms with van der Waals surface area (Å²) in [4.78, 5) is 18.9. The number of rotatable bonds is 4. The lowest BCUT2D eigenvalue weighted by Crippen LogP contribution is -2.28. The molecule has 0 bridgehead atoms. The molecule has 0 unspecified atom stereocenters. The number of hydrogen-bond acceptors (Lipinski definition) is 3. The average molecular weight is 346 g/mol. The van der Waals surface area contributed by atoms with Gasteiger partial charge in [-0.3, -0.25) is 9.78 Å². The Balaban J connectivity index is 1.60. The van der Waals surface area contributed by atoms with E-state index in [1.165, 1.54) is 0 Å². The lowest BCUT2D eigenvalue weighted by Gasteiger charge is -2.23. The van der Waals surface area contributed by atoms with Crippen molar-refractivity contribution < 1.29 is 9.21 Å². The second-order valence-corrected chi connectivity index (χ2v) is 6.59. The van der Waals surface area contributed by atoms with Gasteiger partial charge in [0.1, 0.15) is 11.3 Å². The Morgan fingerprint density at radius 1 is 1.27 bits per heavy atom. The van der Waals surface area contributed by atoms with Gasteiger partial charge in [0, 0.05) is 42.4 Å². The predicted molar refractivity (Wildman–Crippen MR) is 103 cm³/mol. The third-order valence-corrected chi connectivity index (χ3v) is 5.05. The number of aryl methyl sites for hydroxylation is 1. The summed E-state index contributed by atoms with van der Waals surface area (Å²) in [6.45, 7) is 2.86. The summed E-state index contributed by atoms with van der Waals surface area (Å²) in [6, 6.07) is 12.1. The van der Waals surface area contributed by atoms with Crippen molar-refractivity contribution in [3.8, 4) is 0 Å². The number of hydrogen-bond donors (Lipinski definition) is 0. The van der Waals surface area contributed by atoms with E-state index in [4.69, 9.17) is 4.42 Å². The molecule has 1 aromatic carbocycles. The monoisotopic (exact) mass is 346 g/mol. The molecule has 4 nitrogen and oxygen atoms in total. The number of nitrogens with zero attached hydrogens (tertiary/aromatic N) is 2. The first kappa shape index (κ1) is 16.6. The molecule has 1 aliphatic rings. The number of carbonyl (C=O) groups excluding carboxylic acids is 1. The van der Waals surface area contributed by atoms with Crippen LogP contribution in [0.15, 0.2) is 59.3 Å². The Hall–Kier alpha value is -2.88. The summed E-state index contributed by atoms with van der Waals surface area (Å²) >= 11 is 0. The van der Waals surface area contributed by atoms with Crippen LogP contribution >= 0.6 is 0 Å². The van der Waals surface area contributed by atoms with Crippen LogP contribution in [0.2, 0.25) is 0 Å². The van der Waals surface area contributed by atoms with Crippen molar-refractivity contribution in [1.29, 1.82) is 0 Å².